The molecule has 0 aliphatic carbocycles. The Morgan fingerprint density at radius 1 is 1.44 bits per heavy atom. The zero-order chi connectivity index (χ0) is 12.7. The predicted molar refractivity (Wildman–Crippen MR) is 74.8 cm³/mol. The van der Waals surface area contributed by atoms with E-state index in [0.717, 1.165) is 29.8 Å². The molecule has 5 heteroatoms. The van der Waals surface area contributed by atoms with Gasteiger partial charge in [-0.2, -0.15) is 0 Å². The Balaban J connectivity index is 2.02. The van der Waals surface area contributed by atoms with Crippen LogP contribution in [0.5, 0.6) is 0 Å². The summed E-state index contributed by atoms with van der Waals surface area (Å²) < 4.78 is 0.780. The molecule has 3 N–H and O–H groups in total. The second kappa shape index (κ2) is 4.55. The number of anilines is 1. The van der Waals surface area contributed by atoms with Gasteiger partial charge in [0.15, 0.2) is 0 Å². The Labute approximate surface area is 115 Å². The first-order valence-corrected chi connectivity index (χ1v) is 7.03. The van der Waals surface area contributed by atoms with E-state index >= 15 is 0 Å². The lowest BCUT2D eigenvalue weighted by Crippen LogP contribution is -2.35. The molecule has 4 nitrogen and oxygen atoms in total. The van der Waals surface area contributed by atoms with Gasteiger partial charge in [0.05, 0.1) is 11.3 Å². The minimum Gasteiger partial charge on any atom is -0.366 e. The number of benzene rings is 1. The molecule has 2 atom stereocenters. The zero-order valence-electron chi connectivity index (χ0n) is 10.0. The second-order valence-corrected chi connectivity index (χ2v) is 5.82. The van der Waals surface area contributed by atoms with Gasteiger partial charge < -0.3 is 16.0 Å². The van der Waals surface area contributed by atoms with Crippen LogP contribution in [-0.4, -0.2) is 31.6 Å². The van der Waals surface area contributed by atoms with Crippen LogP contribution >= 0.6 is 15.9 Å². The molecule has 0 aromatic heterocycles. The smallest absolute Gasteiger partial charge is 0.251 e. The van der Waals surface area contributed by atoms with Gasteiger partial charge in [-0.05, 0) is 40.4 Å². The van der Waals surface area contributed by atoms with Crippen molar-refractivity contribution in [3.05, 3.63) is 28.2 Å². The molecule has 0 saturated carbocycles. The summed E-state index contributed by atoms with van der Waals surface area (Å²) in [5.74, 6) is 0.330. The summed E-state index contributed by atoms with van der Waals surface area (Å²) in [6, 6.07) is 6.31. The molecule has 3 rings (SSSR count). The molecule has 1 aromatic carbocycles. The van der Waals surface area contributed by atoms with Gasteiger partial charge in [0.25, 0.3) is 5.91 Å². The molecule has 0 spiro atoms. The maximum Gasteiger partial charge on any atom is 0.251 e. The number of carbonyl (C=O) groups excluding carboxylic acids is 1. The SMILES string of the molecule is NC(=O)c1c(Br)cccc1N1CC[C@H]2CNC[C@H]21. The molecule has 2 aliphatic rings. The van der Waals surface area contributed by atoms with Crippen molar-refractivity contribution >= 4 is 27.5 Å². The van der Waals surface area contributed by atoms with Gasteiger partial charge in [-0.15, -0.1) is 0 Å². The van der Waals surface area contributed by atoms with Crippen LogP contribution in [0, 0.1) is 5.92 Å². The number of hydrogen-bond donors (Lipinski definition) is 2. The van der Waals surface area contributed by atoms with E-state index < -0.39 is 0 Å². The third-order valence-electron chi connectivity index (χ3n) is 3.99. The van der Waals surface area contributed by atoms with Gasteiger partial charge in [-0.3, -0.25) is 4.79 Å². The van der Waals surface area contributed by atoms with Crippen LogP contribution in [-0.2, 0) is 0 Å². The summed E-state index contributed by atoms with van der Waals surface area (Å²) in [4.78, 5) is 14.0. The Bertz CT molecular complexity index is 491. The summed E-state index contributed by atoms with van der Waals surface area (Å²) in [5.41, 5.74) is 7.08. The maximum atomic E-state index is 11.6. The lowest BCUT2D eigenvalue weighted by molar-refractivity contribution is 0.1000. The standard InChI is InChI=1S/C13H16BrN3O/c14-9-2-1-3-10(12(9)13(15)18)17-5-4-8-6-16-7-11(8)17/h1-3,8,11,16H,4-7H2,(H2,15,18)/t8-,11+/m0/s1. The Kier molecular flexibility index (Phi) is 3.03. The van der Waals surface area contributed by atoms with Crippen molar-refractivity contribution < 1.29 is 4.79 Å². The zero-order valence-corrected chi connectivity index (χ0v) is 11.6. The van der Waals surface area contributed by atoms with Gasteiger partial charge in [-0.1, -0.05) is 6.07 Å². The molecule has 2 saturated heterocycles. The van der Waals surface area contributed by atoms with Crippen molar-refractivity contribution in [1.29, 1.82) is 0 Å². The number of primary amides is 1. The molecule has 1 aromatic rings. The molecule has 2 heterocycles. The average molecular weight is 310 g/mol. The van der Waals surface area contributed by atoms with Crippen molar-refractivity contribution in [1.82, 2.24) is 5.32 Å². The lowest BCUT2D eigenvalue weighted by Gasteiger charge is -2.27. The number of halogens is 1. The maximum absolute atomic E-state index is 11.6. The molecular formula is C13H16BrN3O. The van der Waals surface area contributed by atoms with Crippen LogP contribution in [0.25, 0.3) is 0 Å². The van der Waals surface area contributed by atoms with Crippen molar-refractivity contribution in [2.45, 2.75) is 12.5 Å². The number of amides is 1. The number of nitrogens with one attached hydrogen (secondary N) is 1. The number of nitrogens with zero attached hydrogens (tertiary/aromatic N) is 1. The van der Waals surface area contributed by atoms with E-state index in [0.29, 0.717) is 17.5 Å². The summed E-state index contributed by atoms with van der Waals surface area (Å²) in [7, 11) is 0. The van der Waals surface area contributed by atoms with E-state index in [9.17, 15) is 4.79 Å². The number of rotatable bonds is 2. The third kappa shape index (κ3) is 1.82. The molecule has 0 bridgehead atoms. The molecule has 1 amide bonds. The van der Waals surface area contributed by atoms with Crippen LogP contribution in [0.15, 0.2) is 22.7 Å². The molecule has 0 unspecified atom stereocenters. The number of carbonyl (C=O) groups is 1. The van der Waals surface area contributed by atoms with Crippen molar-refractivity contribution in [2.24, 2.45) is 11.7 Å². The summed E-state index contributed by atoms with van der Waals surface area (Å²) in [6.07, 6.45) is 1.18. The normalized spacial score (nSPS) is 26.4. The van der Waals surface area contributed by atoms with E-state index in [1.165, 1.54) is 6.42 Å². The van der Waals surface area contributed by atoms with Gasteiger partial charge in [-0.25, -0.2) is 0 Å². The third-order valence-corrected chi connectivity index (χ3v) is 4.65. The Morgan fingerprint density at radius 3 is 3.06 bits per heavy atom. The highest BCUT2D eigenvalue weighted by molar-refractivity contribution is 9.10. The highest BCUT2D eigenvalue weighted by Crippen LogP contribution is 2.36. The topological polar surface area (TPSA) is 58.4 Å². The molecule has 2 fully saturated rings. The Morgan fingerprint density at radius 2 is 2.28 bits per heavy atom. The number of nitrogens with two attached hydrogens (primary N) is 1. The first kappa shape index (κ1) is 12.0. The number of fused-ring (bicyclic) bond motifs is 1. The first-order chi connectivity index (χ1) is 8.68. The quantitative estimate of drug-likeness (QED) is 0.867. The minimum atomic E-state index is -0.369. The molecule has 96 valence electrons. The fourth-order valence-corrected chi connectivity index (χ4v) is 3.70. The highest BCUT2D eigenvalue weighted by atomic mass is 79.9. The van der Waals surface area contributed by atoms with Crippen LogP contribution in [0.3, 0.4) is 0 Å². The van der Waals surface area contributed by atoms with Gasteiger partial charge in [0.1, 0.15) is 0 Å². The predicted octanol–water partition coefficient (Wildman–Crippen LogP) is 1.35. The van der Waals surface area contributed by atoms with E-state index in [1.54, 1.807) is 0 Å². The van der Waals surface area contributed by atoms with Crippen LogP contribution < -0.4 is 16.0 Å². The van der Waals surface area contributed by atoms with Crippen LogP contribution in [0.4, 0.5) is 5.69 Å². The van der Waals surface area contributed by atoms with Crippen molar-refractivity contribution in [3.63, 3.8) is 0 Å². The highest BCUT2D eigenvalue weighted by Gasteiger charge is 2.38. The minimum absolute atomic E-state index is 0.369. The van der Waals surface area contributed by atoms with Gasteiger partial charge >= 0.3 is 0 Å². The molecule has 18 heavy (non-hydrogen) atoms. The lowest BCUT2D eigenvalue weighted by atomic mass is 10.0. The fraction of sp³-hybridized carbons (Fsp3) is 0.462. The van der Waals surface area contributed by atoms with Crippen LogP contribution in [0.2, 0.25) is 0 Å². The van der Waals surface area contributed by atoms with Crippen molar-refractivity contribution in [3.8, 4) is 0 Å². The van der Waals surface area contributed by atoms with E-state index in [1.807, 2.05) is 18.2 Å². The molecule has 2 aliphatic heterocycles. The monoisotopic (exact) mass is 309 g/mol. The van der Waals surface area contributed by atoms with E-state index in [2.05, 4.69) is 26.1 Å². The average Bonchev–Trinajstić information content (AvgIpc) is 2.89. The van der Waals surface area contributed by atoms with E-state index in [4.69, 9.17) is 5.73 Å². The summed E-state index contributed by atoms with van der Waals surface area (Å²) in [6.45, 7) is 3.09. The number of hydrogen-bond acceptors (Lipinski definition) is 3. The largest absolute Gasteiger partial charge is 0.366 e. The second-order valence-electron chi connectivity index (χ2n) is 4.97. The Hall–Kier alpha value is -1.07. The van der Waals surface area contributed by atoms with Crippen LogP contribution in [0.1, 0.15) is 16.8 Å². The molecular weight excluding hydrogens is 294 g/mol. The summed E-state index contributed by atoms with van der Waals surface area (Å²) in [5, 5.41) is 3.42. The fourth-order valence-electron chi connectivity index (χ4n) is 3.14. The molecule has 0 radical (unpaired) electrons. The van der Waals surface area contributed by atoms with Gasteiger partial charge in [0.2, 0.25) is 0 Å². The van der Waals surface area contributed by atoms with Gasteiger partial charge in [0, 0.05) is 30.1 Å². The van der Waals surface area contributed by atoms with E-state index in [-0.39, 0.29) is 5.91 Å². The summed E-state index contributed by atoms with van der Waals surface area (Å²) >= 11 is 3.42. The first-order valence-electron chi connectivity index (χ1n) is 6.24. The van der Waals surface area contributed by atoms with Crippen molar-refractivity contribution in [2.75, 3.05) is 24.5 Å².